The van der Waals surface area contributed by atoms with Crippen LogP contribution >= 0.6 is 0 Å². The SMILES string of the molecule is CC(C)Oc1nc(N(Cc2cccnc2)c2cccc(C(=O)O)c2)ccc1OC(F)F. The highest BCUT2D eigenvalue weighted by atomic mass is 19.3. The van der Waals surface area contributed by atoms with E-state index in [0.717, 1.165) is 5.56 Å². The molecule has 0 amide bonds. The van der Waals surface area contributed by atoms with E-state index in [1.54, 1.807) is 49.3 Å². The molecule has 0 saturated carbocycles. The third-order valence-corrected chi connectivity index (χ3v) is 4.12. The van der Waals surface area contributed by atoms with E-state index in [4.69, 9.17) is 4.74 Å². The monoisotopic (exact) mass is 429 g/mol. The van der Waals surface area contributed by atoms with Gasteiger partial charge in [-0.25, -0.2) is 4.79 Å². The van der Waals surface area contributed by atoms with Crippen LogP contribution in [0.25, 0.3) is 0 Å². The first kappa shape index (κ1) is 21.9. The van der Waals surface area contributed by atoms with Crippen LogP contribution in [0.4, 0.5) is 20.3 Å². The number of aromatic nitrogens is 2. The minimum absolute atomic E-state index is 0.0848. The van der Waals surface area contributed by atoms with Crippen LogP contribution in [0, 0.1) is 0 Å². The molecular weight excluding hydrogens is 408 g/mol. The van der Waals surface area contributed by atoms with Crippen molar-refractivity contribution in [2.75, 3.05) is 4.90 Å². The Hall–Kier alpha value is -3.75. The summed E-state index contributed by atoms with van der Waals surface area (Å²) in [5.74, 6) is -0.976. The highest BCUT2D eigenvalue weighted by Gasteiger charge is 2.19. The number of ether oxygens (including phenoxy) is 2. The minimum atomic E-state index is -3.03. The maximum Gasteiger partial charge on any atom is 0.387 e. The zero-order valence-electron chi connectivity index (χ0n) is 16.9. The van der Waals surface area contributed by atoms with Crippen LogP contribution in [0.1, 0.15) is 29.8 Å². The van der Waals surface area contributed by atoms with Gasteiger partial charge in [0.05, 0.1) is 18.2 Å². The average molecular weight is 429 g/mol. The normalized spacial score (nSPS) is 10.9. The maximum atomic E-state index is 12.8. The summed E-state index contributed by atoms with van der Waals surface area (Å²) >= 11 is 0. The Morgan fingerprint density at radius 3 is 2.58 bits per heavy atom. The molecule has 0 saturated heterocycles. The zero-order valence-corrected chi connectivity index (χ0v) is 16.9. The van der Waals surface area contributed by atoms with Crippen molar-refractivity contribution in [3.05, 3.63) is 72.1 Å². The standard InChI is InChI=1S/C22H21F2N3O4/c1-14(2)30-20-18(31-22(23)24)8-9-19(26-20)27(13-15-5-4-10-25-12-15)17-7-3-6-16(11-17)21(28)29/h3-12,14,22H,13H2,1-2H3,(H,28,29). The van der Waals surface area contributed by atoms with Crippen molar-refractivity contribution in [1.82, 2.24) is 9.97 Å². The largest absolute Gasteiger partial charge is 0.478 e. The molecule has 3 aromatic rings. The fourth-order valence-corrected chi connectivity index (χ4v) is 2.85. The molecule has 0 fully saturated rings. The highest BCUT2D eigenvalue weighted by molar-refractivity contribution is 5.89. The van der Waals surface area contributed by atoms with E-state index in [1.165, 1.54) is 24.3 Å². The molecule has 31 heavy (non-hydrogen) atoms. The second-order valence-corrected chi connectivity index (χ2v) is 6.82. The molecule has 0 bridgehead atoms. The van der Waals surface area contributed by atoms with E-state index in [2.05, 4.69) is 14.7 Å². The van der Waals surface area contributed by atoms with Gasteiger partial charge in [0.2, 0.25) is 0 Å². The van der Waals surface area contributed by atoms with Crippen molar-refractivity contribution in [2.24, 2.45) is 0 Å². The van der Waals surface area contributed by atoms with Gasteiger partial charge in [-0.3, -0.25) is 4.98 Å². The van der Waals surface area contributed by atoms with Gasteiger partial charge in [-0.2, -0.15) is 13.8 Å². The molecule has 0 aliphatic carbocycles. The fraction of sp³-hybridized carbons (Fsp3) is 0.227. The topological polar surface area (TPSA) is 84.8 Å². The van der Waals surface area contributed by atoms with Crippen LogP contribution in [0.5, 0.6) is 11.6 Å². The number of anilines is 2. The molecule has 0 radical (unpaired) electrons. The lowest BCUT2D eigenvalue weighted by Crippen LogP contribution is -2.19. The van der Waals surface area contributed by atoms with Crippen LogP contribution in [0.2, 0.25) is 0 Å². The van der Waals surface area contributed by atoms with Gasteiger partial charge in [0.15, 0.2) is 5.75 Å². The maximum absolute atomic E-state index is 12.8. The number of carboxylic acids is 1. The van der Waals surface area contributed by atoms with Crippen molar-refractivity contribution < 1.29 is 28.2 Å². The Balaban J connectivity index is 2.08. The Labute approximate surface area is 177 Å². The van der Waals surface area contributed by atoms with E-state index in [1.807, 2.05) is 6.07 Å². The van der Waals surface area contributed by atoms with Crippen molar-refractivity contribution in [3.8, 4) is 11.6 Å². The van der Waals surface area contributed by atoms with Gasteiger partial charge in [-0.1, -0.05) is 12.1 Å². The van der Waals surface area contributed by atoms with Gasteiger partial charge in [0.25, 0.3) is 5.88 Å². The van der Waals surface area contributed by atoms with E-state index < -0.39 is 12.6 Å². The first-order valence-corrected chi connectivity index (χ1v) is 9.46. The van der Waals surface area contributed by atoms with Crippen molar-refractivity contribution in [1.29, 1.82) is 0 Å². The summed E-state index contributed by atoms with van der Waals surface area (Å²) in [7, 11) is 0. The minimum Gasteiger partial charge on any atom is -0.478 e. The lowest BCUT2D eigenvalue weighted by molar-refractivity contribution is -0.0523. The molecule has 0 atom stereocenters. The highest BCUT2D eigenvalue weighted by Crippen LogP contribution is 2.34. The third kappa shape index (κ3) is 5.88. The number of carboxylic acid groups (broad SMARTS) is 1. The smallest absolute Gasteiger partial charge is 0.387 e. The van der Waals surface area contributed by atoms with Crippen LogP contribution in [0.3, 0.4) is 0 Å². The number of aromatic carboxylic acids is 1. The molecule has 2 heterocycles. The molecular formula is C22H21F2N3O4. The summed E-state index contributed by atoms with van der Waals surface area (Å²) in [4.78, 5) is 21.7. The number of nitrogens with zero attached hydrogens (tertiary/aromatic N) is 3. The molecule has 0 spiro atoms. The van der Waals surface area contributed by atoms with Crippen LogP contribution in [-0.2, 0) is 6.54 Å². The summed E-state index contributed by atoms with van der Waals surface area (Å²) < 4.78 is 35.7. The molecule has 2 aromatic heterocycles. The van der Waals surface area contributed by atoms with Crippen LogP contribution < -0.4 is 14.4 Å². The van der Waals surface area contributed by atoms with Gasteiger partial charge < -0.3 is 19.5 Å². The molecule has 0 aliphatic rings. The van der Waals surface area contributed by atoms with Crippen molar-refractivity contribution in [2.45, 2.75) is 33.1 Å². The Kier molecular flexibility index (Phi) is 6.96. The lowest BCUT2D eigenvalue weighted by Gasteiger charge is -2.25. The number of hydrogen-bond acceptors (Lipinski definition) is 6. The molecule has 0 unspecified atom stereocenters. The summed E-state index contributed by atoms with van der Waals surface area (Å²) in [6, 6.07) is 12.8. The van der Waals surface area contributed by atoms with Crippen LogP contribution in [0.15, 0.2) is 60.9 Å². The van der Waals surface area contributed by atoms with E-state index >= 15 is 0 Å². The van der Waals surface area contributed by atoms with Crippen LogP contribution in [-0.4, -0.2) is 33.8 Å². The molecule has 9 heteroatoms. The summed E-state index contributed by atoms with van der Waals surface area (Å²) in [5.41, 5.74) is 1.49. The van der Waals surface area contributed by atoms with E-state index in [-0.39, 0.29) is 23.3 Å². The molecule has 7 nitrogen and oxygen atoms in total. The molecule has 162 valence electrons. The number of alkyl halides is 2. The van der Waals surface area contributed by atoms with E-state index in [0.29, 0.717) is 18.1 Å². The van der Waals surface area contributed by atoms with Gasteiger partial charge in [0.1, 0.15) is 5.82 Å². The summed E-state index contributed by atoms with van der Waals surface area (Å²) in [6.07, 6.45) is 2.99. The summed E-state index contributed by atoms with van der Waals surface area (Å²) in [5, 5.41) is 9.36. The third-order valence-electron chi connectivity index (χ3n) is 4.12. The molecule has 1 N–H and O–H groups in total. The Morgan fingerprint density at radius 2 is 1.94 bits per heavy atom. The quantitative estimate of drug-likeness (QED) is 0.518. The van der Waals surface area contributed by atoms with Gasteiger partial charge >= 0.3 is 12.6 Å². The fourth-order valence-electron chi connectivity index (χ4n) is 2.85. The predicted octanol–water partition coefficient (Wildman–Crippen LogP) is 4.90. The van der Waals surface area contributed by atoms with Gasteiger partial charge in [0, 0.05) is 18.1 Å². The number of carbonyl (C=O) groups is 1. The second-order valence-electron chi connectivity index (χ2n) is 6.82. The zero-order chi connectivity index (χ0) is 22.4. The number of benzene rings is 1. The van der Waals surface area contributed by atoms with Gasteiger partial charge in [-0.05, 0) is 55.8 Å². The Morgan fingerprint density at radius 1 is 1.13 bits per heavy atom. The number of halogens is 2. The molecule has 3 rings (SSSR count). The second kappa shape index (κ2) is 9.84. The first-order chi connectivity index (χ1) is 14.8. The number of pyridine rings is 2. The van der Waals surface area contributed by atoms with E-state index in [9.17, 15) is 18.7 Å². The lowest BCUT2D eigenvalue weighted by atomic mass is 10.1. The van der Waals surface area contributed by atoms with Gasteiger partial charge in [-0.15, -0.1) is 0 Å². The number of rotatable bonds is 9. The predicted molar refractivity (Wildman–Crippen MR) is 110 cm³/mol. The number of hydrogen-bond donors (Lipinski definition) is 1. The molecule has 0 aliphatic heterocycles. The summed E-state index contributed by atoms with van der Waals surface area (Å²) in [6.45, 7) is 0.759. The Bertz CT molecular complexity index is 1030. The van der Waals surface area contributed by atoms with Crippen molar-refractivity contribution in [3.63, 3.8) is 0 Å². The van der Waals surface area contributed by atoms with Crippen molar-refractivity contribution >= 4 is 17.5 Å². The molecule has 1 aromatic carbocycles. The first-order valence-electron chi connectivity index (χ1n) is 9.46. The average Bonchev–Trinajstić information content (AvgIpc) is 2.73.